The van der Waals surface area contributed by atoms with E-state index in [2.05, 4.69) is 42.9 Å². The molecule has 114 valence electrons. The van der Waals surface area contributed by atoms with Crippen molar-refractivity contribution < 1.29 is 4.79 Å². The van der Waals surface area contributed by atoms with Gasteiger partial charge in [-0.1, -0.05) is 20.8 Å². The van der Waals surface area contributed by atoms with Gasteiger partial charge in [0, 0.05) is 26.7 Å². The molecule has 2 heterocycles. The Kier molecular flexibility index (Phi) is 4.55. The normalized spacial score (nSPS) is 24.4. The summed E-state index contributed by atoms with van der Waals surface area (Å²) < 4.78 is 0. The molecular formula is C14H27N5O. The van der Waals surface area contributed by atoms with Crippen LogP contribution in [0, 0.1) is 5.41 Å². The number of nitrogens with zero attached hydrogens (tertiary/aromatic N) is 2. The molecule has 1 fully saturated rings. The minimum absolute atomic E-state index is 0.0110. The highest BCUT2D eigenvalue weighted by atomic mass is 16.2. The third-order valence-corrected chi connectivity index (χ3v) is 3.81. The number of hydrogen-bond donors (Lipinski definition) is 3. The van der Waals surface area contributed by atoms with E-state index in [0.717, 1.165) is 38.4 Å². The van der Waals surface area contributed by atoms with Gasteiger partial charge >= 0.3 is 6.03 Å². The molecule has 20 heavy (non-hydrogen) atoms. The summed E-state index contributed by atoms with van der Waals surface area (Å²) >= 11 is 0. The van der Waals surface area contributed by atoms with Crippen LogP contribution in [0.5, 0.6) is 0 Å². The van der Waals surface area contributed by atoms with Crippen molar-refractivity contribution in [3.05, 3.63) is 11.9 Å². The lowest BCUT2D eigenvalue weighted by molar-refractivity contribution is 0.191. The quantitative estimate of drug-likeness (QED) is 0.662. The fourth-order valence-electron chi connectivity index (χ4n) is 2.39. The van der Waals surface area contributed by atoms with Crippen LogP contribution in [-0.2, 0) is 0 Å². The Morgan fingerprint density at radius 2 is 2.10 bits per heavy atom. The van der Waals surface area contributed by atoms with Gasteiger partial charge in [-0.3, -0.25) is 10.3 Å². The highest BCUT2D eigenvalue weighted by Crippen LogP contribution is 2.25. The van der Waals surface area contributed by atoms with Gasteiger partial charge in [0.2, 0.25) is 0 Å². The van der Waals surface area contributed by atoms with Crippen molar-refractivity contribution in [1.82, 2.24) is 26.0 Å². The fourth-order valence-corrected chi connectivity index (χ4v) is 2.39. The maximum absolute atomic E-state index is 12.3. The standard InChI is InChI=1S/C14H27N5O/c1-14(2,3)11-10-12(18(4)17-11)16-13(20)19-8-5-6-15-7-9-19/h10-11,15,17H,5-9H2,1-4H3,(H,16,20). The Morgan fingerprint density at radius 1 is 1.35 bits per heavy atom. The maximum atomic E-state index is 12.3. The first kappa shape index (κ1) is 15.1. The lowest BCUT2D eigenvalue weighted by Crippen LogP contribution is -2.46. The second kappa shape index (κ2) is 6.01. The first-order chi connectivity index (χ1) is 9.38. The minimum atomic E-state index is -0.0110. The lowest BCUT2D eigenvalue weighted by Gasteiger charge is -2.27. The van der Waals surface area contributed by atoms with E-state index in [4.69, 9.17) is 0 Å². The average Bonchev–Trinajstić information content (AvgIpc) is 2.61. The Hall–Kier alpha value is -1.27. The molecule has 0 radical (unpaired) electrons. The first-order valence-corrected chi connectivity index (χ1v) is 7.36. The zero-order valence-electron chi connectivity index (χ0n) is 13.0. The molecule has 1 atom stereocenters. The highest BCUT2D eigenvalue weighted by molar-refractivity contribution is 5.76. The van der Waals surface area contributed by atoms with Gasteiger partial charge in [0.25, 0.3) is 0 Å². The Balaban J connectivity index is 1.96. The van der Waals surface area contributed by atoms with Gasteiger partial charge < -0.3 is 10.2 Å². The largest absolute Gasteiger partial charge is 0.323 e. The smallest absolute Gasteiger partial charge is 0.323 e. The monoisotopic (exact) mass is 281 g/mol. The van der Waals surface area contributed by atoms with Crippen molar-refractivity contribution in [2.45, 2.75) is 33.2 Å². The van der Waals surface area contributed by atoms with Gasteiger partial charge in [0.05, 0.1) is 6.04 Å². The molecule has 0 saturated carbocycles. The van der Waals surface area contributed by atoms with E-state index < -0.39 is 0 Å². The molecule has 2 aliphatic heterocycles. The predicted octanol–water partition coefficient (Wildman–Crippen LogP) is 0.697. The van der Waals surface area contributed by atoms with Crippen LogP contribution < -0.4 is 16.1 Å². The molecule has 0 aliphatic carbocycles. The molecular weight excluding hydrogens is 254 g/mol. The van der Waals surface area contributed by atoms with Gasteiger partial charge in [-0.15, -0.1) is 0 Å². The molecule has 1 saturated heterocycles. The molecule has 0 aromatic carbocycles. The Bertz CT molecular complexity index is 380. The number of carbonyl (C=O) groups excluding carboxylic acids is 1. The van der Waals surface area contributed by atoms with Crippen molar-refractivity contribution >= 4 is 6.03 Å². The van der Waals surface area contributed by atoms with Gasteiger partial charge in [0.15, 0.2) is 0 Å². The molecule has 0 aromatic rings. The molecule has 0 spiro atoms. The third-order valence-electron chi connectivity index (χ3n) is 3.81. The summed E-state index contributed by atoms with van der Waals surface area (Å²) in [6, 6.07) is 0.219. The molecule has 6 nitrogen and oxygen atoms in total. The Morgan fingerprint density at radius 3 is 2.75 bits per heavy atom. The molecule has 2 rings (SSSR count). The summed E-state index contributed by atoms with van der Waals surface area (Å²) in [6.07, 6.45) is 3.10. The predicted molar refractivity (Wildman–Crippen MR) is 79.8 cm³/mol. The van der Waals surface area contributed by atoms with Crippen LogP contribution in [0.25, 0.3) is 0 Å². The molecule has 2 amide bonds. The minimum Gasteiger partial charge on any atom is -0.323 e. The summed E-state index contributed by atoms with van der Waals surface area (Å²) in [7, 11) is 1.93. The van der Waals surface area contributed by atoms with E-state index in [9.17, 15) is 4.79 Å². The number of carbonyl (C=O) groups is 1. The summed E-state index contributed by atoms with van der Waals surface area (Å²) in [4.78, 5) is 14.2. The van der Waals surface area contributed by atoms with Crippen LogP contribution >= 0.6 is 0 Å². The van der Waals surface area contributed by atoms with E-state index in [1.807, 2.05) is 17.0 Å². The molecule has 3 N–H and O–H groups in total. The van der Waals surface area contributed by atoms with Gasteiger partial charge in [-0.25, -0.2) is 10.2 Å². The molecule has 0 bridgehead atoms. The van der Waals surface area contributed by atoms with E-state index in [0.29, 0.717) is 0 Å². The zero-order chi connectivity index (χ0) is 14.8. The summed E-state index contributed by atoms with van der Waals surface area (Å²) in [5.41, 5.74) is 3.48. The topological polar surface area (TPSA) is 59.6 Å². The van der Waals surface area contributed by atoms with Crippen molar-refractivity contribution in [3.63, 3.8) is 0 Å². The number of amides is 2. The van der Waals surface area contributed by atoms with Crippen molar-refractivity contribution in [2.24, 2.45) is 5.41 Å². The first-order valence-electron chi connectivity index (χ1n) is 7.36. The lowest BCUT2D eigenvalue weighted by atomic mass is 9.87. The van der Waals surface area contributed by atoms with Crippen LogP contribution in [0.1, 0.15) is 27.2 Å². The third kappa shape index (κ3) is 3.64. The molecule has 6 heteroatoms. The molecule has 0 aromatic heterocycles. The second-order valence-electron chi connectivity index (χ2n) is 6.60. The highest BCUT2D eigenvalue weighted by Gasteiger charge is 2.31. The molecule has 2 aliphatic rings. The number of hydrogen-bond acceptors (Lipinski definition) is 4. The fraction of sp³-hybridized carbons (Fsp3) is 0.786. The summed E-state index contributed by atoms with van der Waals surface area (Å²) in [5.74, 6) is 0.840. The number of nitrogens with one attached hydrogen (secondary N) is 3. The average molecular weight is 281 g/mol. The SMILES string of the molecule is CN1NC(C(C)(C)C)C=C1NC(=O)N1CCCNCC1. The van der Waals surface area contributed by atoms with Gasteiger partial charge in [-0.05, 0) is 24.5 Å². The number of urea groups is 1. The van der Waals surface area contributed by atoms with E-state index in [-0.39, 0.29) is 17.5 Å². The summed E-state index contributed by atoms with van der Waals surface area (Å²) in [6.45, 7) is 9.97. The second-order valence-corrected chi connectivity index (χ2v) is 6.60. The van der Waals surface area contributed by atoms with Crippen LogP contribution in [0.4, 0.5) is 4.79 Å². The van der Waals surface area contributed by atoms with E-state index in [1.165, 1.54) is 0 Å². The number of rotatable bonds is 1. The maximum Gasteiger partial charge on any atom is 0.323 e. The van der Waals surface area contributed by atoms with E-state index in [1.54, 1.807) is 0 Å². The zero-order valence-corrected chi connectivity index (χ0v) is 13.0. The molecule has 1 unspecified atom stereocenters. The van der Waals surface area contributed by atoms with Gasteiger partial charge in [-0.2, -0.15) is 0 Å². The summed E-state index contributed by atoms with van der Waals surface area (Å²) in [5, 5.41) is 8.21. The van der Waals surface area contributed by atoms with Crippen LogP contribution in [0.3, 0.4) is 0 Å². The number of hydrazine groups is 1. The van der Waals surface area contributed by atoms with Crippen LogP contribution in [0.2, 0.25) is 0 Å². The van der Waals surface area contributed by atoms with Crippen molar-refractivity contribution in [1.29, 1.82) is 0 Å². The van der Waals surface area contributed by atoms with Crippen molar-refractivity contribution in [3.8, 4) is 0 Å². The van der Waals surface area contributed by atoms with E-state index >= 15 is 0 Å². The van der Waals surface area contributed by atoms with Crippen LogP contribution in [-0.4, -0.2) is 55.2 Å². The van der Waals surface area contributed by atoms with Crippen molar-refractivity contribution in [2.75, 3.05) is 33.2 Å². The Labute approximate surface area is 121 Å². The van der Waals surface area contributed by atoms with Gasteiger partial charge in [0.1, 0.15) is 5.82 Å². The van der Waals surface area contributed by atoms with Crippen LogP contribution in [0.15, 0.2) is 11.9 Å².